The standard InChI is InChI=1S/C15H14ClNO3/c1-2-19-15(18)12-6-7-14(17-9-12)20-10-11-4-3-5-13(16)8-11/h3-9H,2,10H2,1H3. The predicted octanol–water partition coefficient (Wildman–Crippen LogP) is 3.49. The zero-order chi connectivity index (χ0) is 14.4. The van der Waals surface area contributed by atoms with E-state index in [9.17, 15) is 4.79 Å². The number of halogens is 1. The van der Waals surface area contributed by atoms with Gasteiger partial charge in [-0.1, -0.05) is 23.7 Å². The molecule has 0 bridgehead atoms. The van der Waals surface area contributed by atoms with Crippen LogP contribution < -0.4 is 4.74 Å². The molecule has 104 valence electrons. The highest BCUT2D eigenvalue weighted by Crippen LogP contribution is 2.14. The van der Waals surface area contributed by atoms with Crippen LogP contribution in [0.15, 0.2) is 42.6 Å². The van der Waals surface area contributed by atoms with Crippen LogP contribution in [0.1, 0.15) is 22.8 Å². The van der Waals surface area contributed by atoms with Crippen molar-refractivity contribution in [1.82, 2.24) is 4.98 Å². The van der Waals surface area contributed by atoms with E-state index < -0.39 is 0 Å². The van der Waals surface area contributed by atoms with Crippen LogP contribution in [0, 0.1) is 0 Å². The summed E-state index contributed by atoms with van der Waals surface area (Å²) in [4.78, 5) is 15.5. The molecule has 0 saturated heterocycles. The molecular formula is C15H14ClNO3. The van der Waals surface area contributed by atoms with Crippen molar-refractivity contribution < 1.29 is 14.3 Å². The third-order valence-electron chi connectivity index (χ3n) is 2.52. The monoisotopic (exact) mass is 291 g/mol. The molecule has 1 heterocycles. The minimum Gasteiger partial charge on any atom is -0.473 e. The lowest BCUT2D eigenvalue weighted by Crippen LogP contribution is -2.05. The van der Waals surface area contributed by atoms with Gasteiger partial charge >= 0.3 is 5.97 Å². The van der Waals surface area contributed by atoms with E-state index in [0.717, 1.165) is 5.56 Å². The molecule has 0 aliphatic rings. The van der Waals surface area contributed by atoms with Gasteiger partial charge in [-0.3, -0.25) is 0 Å². The first-order chi connectivity index (χ1) is 9.69. The van der Waals surface area contributed by atoms with Gasteiger partial charge in [0.2, 0.25) is 5.88 Å². The number of hydrogen-bond acceptors (Lipinski definition) is 4. The number of hydrogen-bond donors (Lipinski definition) is 0. The summed E-state index contributed by atoms with van der Waals surface area (Å²) in [7, 11) is 0. The number of ether oxygens (including phenoxy) is 2. The molecular weight excluding hydrogens is 278 g/mol. The van der Waals surface area contributed by atoms with Crippen molar-refractivity contribution >= 4 is 17.6 Å². The average molecular weight is 292 g/mol. The van der Waals surface area contributed by atoms with Crippen molar-refractivity contribution in [2.45, 2.75) is 13.5 Å². The number of carbonyl (C=O) groups is 1. The Morgan fingerprint density at radius 3 is 2.80 bits per heavy atom. The molecule has 0 N–H and O–H groups in total. The van der Waals surface area contributed by atoms with Crippen LogP contribution in [0.5, 0.6) is 5.88 Å². The van der Waals surface area contributed by atoms with Crippen LogP contribution in [0.2, 0.25) is 5.02 Å². The van der Waals surface area contributed by atoms with Gasteiger partial charge in [-0.15, -0.1) is 0 Å². The zero-order valence-corrected chi connectivity index (χ0v) is 11.8. The molecule has 0 saturated carbocycles. The highest BCUT2D eigenvalue weighted by atomic mass is 35.5. The number of esters is 1. The second kappa shape index (κ2) is 6.91. The summed E-state index contributed by atoms with van der Waals surface area (Å²) in [5.41, 5.74) is 1.36. The first kappa shape index (κ1) is 14.3. The molecule has 4 nitrogen and oxygen atoms in total. The second-order valence-electron chi connectivity index (χ2n) is 4.02. The fraction of sp³-hybridized carbons (Fsp3) is 0.200. The van der Waals surface area contributed by atoms with Crippen LogP contribution in [0.25, 0.3) is 0 Å². The van der Waals surface area contributed by atoms with Gasteiger partial charge in [-0.2, -0.15) is 0 Å². The fourth-order valence-electron chi connectivity index (χ4n) is 1.58. The largest absolute Gasteiger partial charge is 0.473 e. The molecule has 1 aromatic heterocycles. The molecule has 0 radical (unpaired) electrons. The molecule has 0 unspecified atom stereocenters. The van der Waals surface area contributed by atoms with E-state index in [1.54, 1.807) is 25.1 Å². The maximum atomic E-state index is 11.5. The van der Waals surface area contributed by atoms with Crippen molar-refractivity contribution in [3.63, 3.8) is 0 Å². The van der Waals surface area contributed by atoms with Gasteiger partial charge in [0.05, 0.1) is 12.2 Å². The number of nitrogens with zero attached hydrogens (tertiary/aromatic N) is 1. The summed E-state index contributed by atoms with van der Waals surface area (Å²) in [6.07, 6.45) is 1.44. The van der Waals surface area contributed by atoms with E-state index in [4.69, 9.17) is 21.1 Å². The number of aromatic nitrogens is 1. The Kier molecular flexibility index (Phi) is 4.96. The van der Waals surface area contributed by atoms with Crippen molar-refractivity contribution in [2.75, 3.05) is 6.61 Å². The summed E-state index contributed by atoms with van der Waals surface area (Å²) in [5, 5.41) is 0.664. The van der Waals surface area contributed by atoms with Crippen molar-refractivity contribution in [2.24, 2.45) is 0 Å². The highest BCUT2D eigenvalue weighted by molar-refractivity contribution is 6.30. The Hall–Kier alpha value is -2.07. The molecule has 1 aromatic carbocycles. The number of pyridine rings is 1. The maximum absolute atomic E-state index is 11.5. The average Bonchev–Trinajstić information content (AvgIpc) is 2.46. The van der Waals surface area contributed by atoms with Crippen molar-refractivity contribution in [3.05, 3.63) is 58.7 Å². The summed E-state index contributed by atoms with van der Waals surface area (Å²) in [5.74, 6) is 0.0550. The minimum atomic E-state index is -0.388. The lowest BCUT2D eigenvalue weighted by molar-refractivity contribution is 0.0526. The quantitative estimate of drug-likeness (QED) is 0.791. The van der Waals surface area contributed by atoms with Gasteiger partial charge < -0.3 is 9.47 Å². The summed E-state index contributed by atoms with van der Waals surface area (Å²) in [6, 6.07) is 10.7. The van der Waals surface area contributed by atoms with Gasteiger partial charge in [0.1, 0.15) is 6.61 Å². The number of carbonyl (C=O) groups excluding carboxylic acids is 1. The van der Waals surface area contributed by atoms with Crippen LogP contribution >= 0.6 is 11.6 Å². The fourth-order valence-corrected chi connectivity index (χ4v) is 1.80. The lowest BCUT2D eigenvalue weighted by atomic mass is 10.2. The van der Waals surface area contributed by atoms with E-state index in [1.165, 1.54) is 6.20 Å². The Labute approximate surface area is 122 Å². The number of rotatable bonds is 5. The van der Waals surface area contributed by atoms with Crippen LogP contribution in [0.4, 0.5) is 0 Å². The van der Waals surface area contributed by atoms with Gasteiger partial charge in [0.15, 0.2) is 0 Å². The van der Waals surface area contributed by atoms with Crippen LogP contribution in [0.3, 0.4) is 0 Å². The molecule has 0 amide bonds. The molecule has 0 fully saturated rings. The summed E-state index contributed by atoms with van der Waals surface area (Å²) in [6.45, 7) is 2.46. The van der Waals surface area contributed by atoms with E-state index in [-0.39, 0.29) is 5.97 Å². The molecule has 0 aliphatic carbocycles. The Balaban J connectivity index is 1.95. The lowest BCUT2D eigenvalue weighted by Gasteiger charge is -2.06. The van der Waals surface area contributed by atoms with E-state index in [0.29, 0.717) is 29.7 Å². The van der Waals surface area contributed by atoms with Crippen LogP contribution in [-0.2, 0) is 11.3 Å². The number of benzene rings is 1. The molecule has 0 aliphatic heterocycles. The van der Waals surface area contributed by atoms with Gasteiger partial charge in [-0.05, 0) is 30.7 Å². The van der Waals surface area contributed by atoms with Gasteiger partial charge in [0, 0.05) is 17.3 Å². The Bertz CT molecular complexity index is 584. The van der Waals surface area contributed by atoms with E-state index in [1.807, 2.05) is 18.2 Å². The smallest absolute Gasteiger partial charge is 0.339 e. The Morgan fingerprint density at radius 1 is 1.30 bits per heavy atom. The molecule has 2 rings (SSSR count). The first-order valence-corrected chi connectivity index (χ1v) is 6.57. The normalized spacial score (nSPS) is 10.1. The summed E-state index contributed by atoms with van der Waals surface area (Å²) >= 11 is 5.89. The topological polar surface area (TPSA) is 48.4 Å². The predicted molar refractivity (Wildman–Crippen MR) is 76.0 cm³/mol. The third-order valence-corrected chi connectivity index (χ3v) is 2.76. The SMILES string of the molecule is CCOC(=O)c1ccc(OCc2cccc(Cl)c2)nc1. The molecule has 0 atom stereocenters. The van der Waals surface area contributed by atoms with Crippen molar-refractivity contribution in [1.29, 1.82) is 0 Å². The van der Waals surface area contributed by atoms with Crippen molar-refractivity contribution in [3.8, 4) is 5.88 Å². The first-order valence-electron chi connectivity index (χ1n) is 6.19. The summed E-state index contributed by atoms with van der Waals surface area (Å²) < 4.78 is 10.4. The molecule has 5 heteroatoms. The molecule has 2 aromatic rings. The highest BCUT2D eigenvalue weighted by Gasteiger charge is 2.07. The maximum Gasteiger partial charge on any atom is 0.339 e. The Morgan fingerprint density at radius 2 is 2.15 bits per heavy atom. The molecule has 20 heavy (non-hydrogen) atoms. The van der Waals surface area contributed by atoms with E-state index in [2.05, 4.69) is 4.98 Å². The van der Waals surface area contributed by atoms with Gasteiger partial charge in [0.25, 0.3) is 0 Å². The van der Waals surface area contributed by atoms with Crippen LogP contribution in [-0.4, -0.2) is 17.6 Å². The minimum absolute atomic E-state index is 0.339. The van der Waals surface area contributed by atoms with E-state index >= 15 is 0 Å². The molecule has 0 spiro atoms. The zero-order valence-electron chi connectivity index (χ0n) is 11.0. The second-order valence-corrected chi connectivity index (χ2v) is 4.46. The third kappa shape index (κ3) is 3.96. The van der Waals surface area contributed by atoms with Gasteiger partial charge in [-0.25, -0.2) is 9.78 Å².